The minimum Gasteiger partial charge on any atom is -0.393 e. The molecule has 0 spiro atoms. The molecule has 1 saturated carbocycles. The number of aliphatic hydroxyl groups is 2. The van der Waals surface area contributed by atoms with Crippen LogP contribution < -0.4 is 5.48 Å². The molecule has 0 radical (unpaired) electrons. The molecule has 5 N–H and O–H groups in total. The number of rotatable bonds is 12. The standard InChI is InChI=1S/C23H33N5O3/c29-18(13-12-17-8-4-3-5-9-17)14-15-19-20(22(30)16-21(19)26-31)10-6-1-2-7-11-23-24-27-28-25-23/h1,3-6,8-9,14-15,18-22,26,29-31H,2,7,10-13,16H2,(H,24,25,27,28)/b6-1-,15-14+/t18?,19-,20-,21?,22+/m1/s1. The molecule has 31 heavy (non-hydrogen) atoms. The van der Waals surface area contributed by atoms with Crippen LogP contribution >= 0.6 is 0 Å². The molecule has 3 rings (SSSR count). The maximum atomic E-state index is 10.5. The van der Waals surface area contributed by atoms with Crippen LogP contribution in [-0.2, 0) is 12.8 Å². The summed E-state index contributed by atoms with van der Waals surface area (Å²) in [5, 5.41) is 44.3. The Morgan fingerprint density at radius 2 is 2.03 bits per heavy atom. The zero-order valence-corrected chi connectivity index (χ0v) is 17.7. The third-order valence-corrected chi connectivity index (χ3v) is 5.98. The van der Waals surface area contributed by atoms with E-state index in [9.17, 15) is 15.4 Å². The van der Waals surface area contributed by atoms with E-state index < -0.39 is 12.2 Å². The summed E-state index contributed by atoms with van der Waals surface area (Å²) in [6.07, 6.45) is 12.2. The number of aromatic nitrogens is 4. The second-order valence-corrected chi connectivity index (χ2v) is 8.18. The SMILES string of the molecule is ONC1C[C@H](O)[C@H](C/C=C\CCCc2nn[nH]n2)[C@H]1/C=C/C(O)CCc1ccccc1. The predicted molar refractivity (Wildman–Crippen MR) is 117 cm³/mol. The molecule has 2 aromatic rings. The number of unbranched alkanes of at least 4 members (excludes halogenated alkanes) is 1. The van der Waals surface area contributed by atoms with Crippen LogP contribution in [0.2, 0.25) is 0 Å². The number of H-pyrrole nitrogens is 1. The second-order valence-electron chi connectivity index (χ2n) is 8.18. The second kappa shape index (κ2) is 12.5. The Kier molecular flexibility index (Phi) is 9.36. The van der Waals surface area contributed by atoms with Gasteiger partial charge in [-0.15, -0.1) is 10.2 Å². The highest BCUT2D eigenvalue weighted by atomic mass is 16.5. The molecular formula is C23H33N5O3. The maximum absolute atomic E-state index is 10.5. The van der Waals surface area contributed by atoms with Gasteiger partial charge in [-0.3, -0.25) is 0 Å². The number of aliphatic hydroxyl groups excluding tert-OH is 2. The van der Waals surface area contributed by atoms with Gasteiger partial charge in [-0.1, -0.05) is 59.8 Å². The van der Waals surface area contributed by atoms with E-state index in [0.29, 0.717) is 18.7 Å². The summed E-state index contributed by atoms with van der Waals surface area (Å²) < 4.78 is 0. The molecule has 1 heterocycles. The van der Waals surface area contributed by atoms with Gasteiger partial charge in [-0.05, 0) is 50.0 Å². The first-order valence-electron chi connectivity index (χ1n) is 11.0. The van der Waals surface area contributed by atoms with Gasteiger partial charge in [0.25, 0.3) is 0 Å². The number of benzene rings is 1. The molecule has 0 amide bonds. The number of tetrazole rings is 1. The first-order valence-corrected chi connectivity index (χ1v) is 11.0. The number of allylic oxidation sites excluding steroid dienone is 2. The Morgan fingerprint density at radius 3 is 2.77 bits per heavy atom. The van der Waals surface area contributed by atoms with Crippen LogP contribution in [0.3, 0.4) is 0 Å². The minimum atomic E-state index is -0.557. The Bertz CT molecular complexity index is 797. The van der Waals surface area contributed by atoms with Crippen LogP contribution in [0.1, 0.15) is 43.5 Å². The number of hydrogen-bond donors (Lipinski definition) is 5. The van der Waals surface area contributed by atoms with E-state index in [4.69, 9.17) is 0 Å². The summed E-state index contributed by atoms with van der Waals surface area (Å²) >= 11 is 0. The van der Waals surface area contributed by atoms with Crippen molar-refractivity contribution < 1.29 is 15.4 Å². The van der Waals surface area contributed by atoms with E-state index in [0.717, 1.165) is 32.1 Å². The lowest BCUT2D eigenvalue weighted by Gasteiger charge is -2.21. The van der Waals surface area contributed by atoms with E-state index in [-0.39, 0.29) is 17.9 Å². The molecule has 0 aliphatic heterocycles. The Hall–Kier alpha value is -2.39. The van der Waals surface area contributed by atoms with Crippen LogP contribution in [0.4, 0.5) is 0 Å². The topological polar surface area (TPSA) is 127 Å². The summed E-state index contributed by atoms with van der Waals surface area (Å²) in [6, 6.07) is 9.87. The lowest BCUT2D eigenvalue weighted by molar-refractivity contribution is 0.108. The van der Waals surface area contributed by atoms with Gasteiger partial charge in [0.15, 0.2) is 5.82 Å². The third-order valence-electron chi connectivity index (χ3n) is 5.98. The molecule has 1 aliphatic rings. The molecule has 0 bridgehead atoms. The van der Waals surface area contributed by atoms with E-state index in [1.54, 1.807) is 6.08 Å². The maximum Gasteiger partial charge on any atom is 0.174 e. The van der Waals surface area contributed by atoms with Gasteiger partial charge in [0.1, 0.15) is 0 Å². The number of nitrogens with zero attached hydrogens (tertiary/aromatic N) is 3. The van der Waals surface area contributed by atoms with Crippen molar-refractivity contribution in [1.29, 1.82) is 0 Å². The lowest BCUT2D eigenvalue weighted by atomic mass is 9.89. The number of hydrogen-bond acceptors (Lipinski definition) is 7. The minimum absolute atomic E-state index is 0.00400. The predicted octanol–water partition coefficient (Wildman–Crippen LogP) is 2.36. The Balaban J connectivity index is 1.47. The van der Waals surface area contributed by atoms with E-state index >= 15 is 0 Å². The summed E-state index contributed by atoms with van der Waals surface area (Å²) in [6.45, 7) is 0. The molecule has 0 saturated heterocycles. The largest absolute Gasteiger partial charge is 0.393 e. The van der Waals surface area contributed by atoms with Crippen molar-refractivity contribution in [3.63, 3.8) is 0 Å². The first kappa shape index (κ1) is 23.3. The van der Waals surface area contributed by atoms with Gasteiger partial charge in [0, 0.05) is 18.4 Å². The summed E-state index contributed by atoms with van der Waals surface area (Å²) in [4.78, 5) is 0. The van der Waals surface area contributed by atoms with Gasteiger partial charge in [-0.25, -0.2) is 5.48 Å². The fourth-order valence-electron chi connectivity index (χ4n) is 4.23. The van der Waals surface area contributed by atoms with Gasteiger partial charge in [0.05, 0.1) is 12.2 Å². The van der Waals surface area contributed by atoms with Crippen molar-refractivity contribution in [3.8, 4) is 0 Å². The molecule has 1 fully saturated rings. The quantitative estimate of drug-likeness (QED) is 0.200. The van der Waals surface area contributed by atoms with E-state index in [1.165, 1.54) is 5.56 Å². The molecule has 1 aromatic carbocycles. The Morgan fingerprint density at radius 1 is 1.19 bits per heavy atom. The third kappa shape index (κ3) is 7.36. The average Bonchev–Trinajstić information content (AvgIpc) is 3.41. The van der Waals surface area contributed by atoms with Gasteiger partial charge < -0.3 is 15.4 Å². The number of aromatic amines is 1. The lowest BCUT2D eigenvalue weighted by Crippen LogP contribution is -2.30. The van der Waals surface area contributed by atoms with Crippen molar-refractivity contribution >= 4 is 0 Å². The van der Waals surface area contributed by atoms with Crippen molar-refractivity contribution in [2.24, 2.45) is 11.8 Å². The van der Waals surface area contributed by atoms with Crippen LogP contribution in [0, 0.1) is 11.8 Å². The first-order chi connectivity index (χ1) is 15.2. The zero-order chi connectivity index (χ0) is 21.9. The molecule has 8 nitrogen and oxygen atoms in total. The summed E-state index contributed by atoms with van der Waals surface area (Å²) in [5.74, 6) is 0.665. The molecule has 2 unspecified atom stereocenters. The number of hydroxylamine groups is 1. The molecule has 168 valence electrons. The van der Waals surface area contributed by atoms with Gasteiger partial charge in [-0.2, -0.15) is 5.21 Å². The Labute approximate surface area is 183 Å². The zero-order valence-electron chi connectivity index (χ0n) is 17.7. The smallest absolute Gasteiger partial charge is 0.174 e. The average molecular weight is 428 g/mol. The number of aryl methyl sites for hydroxylation is 2. The molecule has 8 heteroatoms. The molecule has 5 atom stereocenters. The fraction of sp³-hybridized carbons (Fsp3) is 0.522. The highest BCUT2D eigenvalue weighted by molar-refractivity contribution is 5.15. The van der Waals surface area contributed by atoms with Crippen molar-refractivity contribution in [3.05, 3.63) is 66.0 Å². The van der Waals surface area contributed by atoms with Crippen LogP contribution in [0.15, 0.2) is 54.6 Å². The highest BCUT2D eigenvalue weighted by Crippen LogP contribution is 2.36. The summed E-state index contributed by atoms with van der Waals surface area (Å²) in [5.41, 5.74) is 3.54. The number of nitrogens with one attached hydrogen (secondary N) is 2. The van der Waals surface area contributed by atoms with E-state index in [1.807, 2.05) is 24.3 Å². The molecule has 1 aromatic heterocycles. The van der Waals surface area contributed by atoms with Crippen molar-refractivity contribution in [2.75, 3.05) is 0 Å². The van der Waals surface area contributed by atoms with Gasteiger partial charge >= 0.3 is 0 Å². The molecule has 1 aliphatic carbocycles. The summed E-state index contributed by atoms with van der Waals surface area (Å²) in [7, 11) is 0. The molecular weight excluding hydrogens is 394 g/mol. The van der Waals surface area contributed by atoms with Crippen molar-refractivity contribution in [1.82, 2.24) is 26.1 Å². The highest BCUT2D eigenvalue weighted by Gasteiger charge is 2.40. The van der Waals surface area contributed by atoms with Crippen molar-refractivity contribution in [2.45, 2.75) is 63.2 Å². The fourth-order valence-corrected chi connectivity index (χ4v) is 4.23. The van der Waals surface area contributed by atoms with Gasteiger partial charge in [0.2, 0.25) is 0 Å². The van der Waals surface area contributed by atoms with E-state index in [2.05, 4.69) is 50.4 Å². The monoisotopic (exact) mass is 427 g/mol. The van der Waals surface area contributed by atoms with Crippen LogP contribution in [0.5, 0.6) is 0 Å². The van der Waals surface area contributed by atoms with Crippen LogP contribution in [-0.4, -0.2) is 54.3 Å². The normalized spacial score (nSPS) is 25.0. The van der Waals surface area contributed by atoms with Crippen LogP contribution in [0.25, 0.3) is 0 Å².